The van der Waals surface area contributed by atoms with Crippen LogP contribution in [0.1, 0.15) is 37.8 Å². The van der Waals surface area contributed by atoms with Crippen LogP contribution in [-0.4, -0.2) is 10.1 Å². The van der Waals surface area contributed by atoms with Crippen LogP contribution in [0.2, 0.25) is 0 Å². The Morgan fingerprint density at radius 2 is 1.71 bits per heavy atom. The van der Waals surface area contributed by atoms with Gasteiger partial charge in [0.2, 0.25) is 0 Å². The van der Waals surface area contributed by atoms with E-state index in [1.165, 1.54) is 10.9 Å². The number of fused-ring (bicyclic) bond motifs is 1. The van der Waals surface area contributed by atoms with Crippen molar-refractivity contribution in [1.29, 1.82) is 0 Å². The predicted molar refractivity (Wildman–Crippen MR) is 88.7 cm³/mol. The highest BCUT2D eigenvalue weighted by Crippen LogP contribution is 2.30. The molecule has 0 saturated carbocycles. The number of hydrogen-bond acceptors (Lipinski definition) is 2. The van der Waals surface area contributed by atoms with E-state index in [9.17, 15) is 5.11 Å². The van der Waals surface area contributed by atoms with Gasteiger partial charge in [-0.3, -0.25) is 4.98 Å². The number of hydrogen-bond donors (Lipinski definition) is 1. The van der Waals surface area contributed by atoms with E-state index in [-0.39, 0.29) is 5.92 Å². The Hall–Kier alpha value is -2.35. The summed E-state index contributed by atoms with van der Waals surface area (Å²) in [6, 6.07) is 17.6. The molecule has 2 aromatic carbocycles. The molecule has 21 heavy (non-hydrogen) atoms. The molecule has 1 unspecified atom stereocenters. The normalized spacial score (nSPS) is 11.6. The maximum Gasteiger partial charge on any atom is 0.115 e. The third-order valence-electron chi connectivity index (χ3n) is 3.52. The Morgan fingerprint density at radius 1 is 0.952 bits per heavy atom. The lowest BCUT2D eigenvalue weighted by Gasteiger charge is -2.15. The monoisotopic (exact) mass is 279 g/mol. The van der Waals surface area contributed by atoms with Crippen molar-refractivity contribution in [2.45, 2.75) is 26.7 Å². The maximum absolute atomic E-state index is 9.61. The van der Waals surface area contributed by atoms with Crippen LogP contribution in [0.15, 0.2) is 60.8 Å². The topological polar surface area (TPSA) is 33.1 Å². The third kappa shape index (κ3) is 3.22. The molecule has 0 saturated heterocycles. The van der Waals surface area contributed by atoms with Gasteiger partial charge in [0.1, 0.15) is 5.75 Å². The van der Waals surface area contributed by atoms with Gasteiger partial charge in [0.25, 0.3) is 0 Å². The van der Waals surface area contributed by atoms with E-state index >= 15 is 0 Å². The number of aromatic nitrogens is 1. The molecule has 3 aromatic rings. The van der Waals surface area contributed by atoms with Crippen molar-refractivity contribution in [2.24, 2.45) is 0 Å². The third-order valence-corrected chi connectivity index (χ3v) is 3.52. The highest BCUT2D eigenvalue weighted by atomic mass is 16.3. The molecule has 0 bridgehead atoms. The molecule has 0 aliphatic heterocycles. The van der Waals surface area contributed by atoms with E-state index in [1.807, 2.05) is 56.4 Å². The molecule has 0 spiro atoms. The maximum atomic E-state index is 9.61. The average Bonchev–Trinajstić information content (AvgIpc) is 2.55. The van der Waals surface area contributed by atoms with Gasteiger partial charge < -0.3 is 5.11 Å². The predicted octanol–water partition coefficient (Wildman–Crippen LogP) is 5.12. The number of phenolic OH excluding ortho intramolecular Hbond substituents is 1. The molecule has 1 heterocycles. The molecule has 0 amide bonds. The van der Waals surface area contributed by atoms with Gasteiger partial charge >= 0.3 is 0 Å². The molecule has 3 rings (SSSR count). The van der Waals surface area contributed by atoms with E-state index in [1.54, 1.807) is 6.07 Å². The average molecular weight is 279 g/mol. The quantitative estimate of drug-likeness (QED) is 0.706. The fourth-order valence-electron chi connectivity index (χ4n) is 2.47. The number of phenols is 1. The molecule has 0 radical (unpaired) electrons. The van der Waals surface area contributed by atoms with Crippen LogP contribution < -0.4 is 0 Å². The van der Waals surface area contributed by atoms with Crippen LogP contribution >= 0.6 is 0 Å². The van der Waals surface area contributed by atoms with E-state index < -0.39 is 0 Å². The second-order valence-electron chi connectivity index (χ2n) is 4.73. The van der Waals surface area contributed by atoms with Gasteiger partial charge in [0, 0.05) is 17.5 Å². The van der Waals surface area contributed by atoms with Crippen LogP contribution in [0, 0.1) is 0 Å². The van der Waals surface area contributed by atoms with Crippen molar-refractivity contribution >= 4 is 10.9 Å². The molecule has 2 nitrogen and oxygen atoms in total. The van der Waals surface area contributed by atoms with Gasteiger partial charge in [-0.05, 0) is 35.4 Å². The molecule has 0 aliphatic rings. The fraction of sp³-hybridized carbons (Fsp3) is 0.211. The first-order valence-electron chi connectivity index (χ1n) is 7.38. The minimum absolute atomic E-state index is 0.222. The first kappa shape index (κ1) is 15.0. The highest BCUT2D eigenvalue weighted by Gasteiger charge is 2.12. The second-order valence-corrected chi connectivity index (χ2v) is 4.73. The SMILES string of the molecule is CC.CC(c1cccc(O)c1)c1ccnc2ccccc12. The van der Waals surface area contributed by atoms with Crippen LogP contribution in [0.5, 0.6) is 5.75 Å². The molecule has 2 heteroatoms. The summed E-state index contributed by atoms with van der Waals surface area (Å²) in [5.41, 5.74) is 3.35. The zero-order chi connectivity index (χ0) is 15.2. The van der Waals surface area contributed by atoms with Crippen LogP contribution in [0.4, 0.5) is 0 Å². The summed E-state index contributed by atoms with van der Waals surface area (Å²) in [5, 5.41) is 10.8. The number of rotatable bonds is 2. The highest BCUT2D eigenvalue weighted by molar-refractivity contribution is 5.82. The van der Waals surface area contributed by atoms with Crippen LogP contribution in [-0.2, 0) is 0 Å². The van der Waals surface area contributed by atoms with Crippen LogP contribution in [0.25, 0.3) is 10.9 Å². The fourth-order valence-corrected chi connectivity index (χ4v) is 2.47. The summed E-state index contributed by atoms with van der Waals surface area (Å²) >= 11 is 0. The molecule has 1 atom stereocenters. The van der Waals surface area contributed by atoms with Crippen molar-refractivity contribution in [1.82, 2.24) is 4.98 Å². The van der Waals surface area contributed by atoms with Gasteiger partial charge in [0.05, 0.1) is 5.52 Å². The lowest BCUT2D eigenvalue weighted by molar-refractivity contribution is 0.474. The number of aromatic hydroxyl groups is 1. The second kappa shape index (κ2) is 6.89. The number of benzene rings is 2. The van der Waals surface area contributed by atoms with Gasteiger partial charge in [-0.2, -0.15) is 0 Å². The summed E-state index contributed by atoms with van der Waals surface area (Å²) in [7, 11) is 0. The number of para-hydroxylation sites is 1. The van der Waals surface area contributed by atoms with Gasteiger partial charge in [-0.1, -0.05) is 51.1 Å². The number of nitrogens with zero attached hydrogens (tertiary/aromatic N) is 1. The van der Waals surface area contributed by atoms with Crippen molar-refractivity contribution in [3.05, 3.63) is 71.9 Å². The molecule has 0 aliphatic carbocycles. The molecule has 1 N–H and O–H groups in total. The van der Waals surface area contributed by atoms with Gasteiger partial charge in [-0.15, -0.1) is 0 Å². The Balaban J connectivity index is 0.000000774. The molecular formula is C19H21NO. The van der Waals surface area contributed by atoms with Crippen molar-refractivity contribution in [3.8, 4) is 5.75 Å². The first-order valence-corrected chi connectivity index (χ1v) is 7.38. The Morgan fingerprint density at radius 3 is 2.48 bits per heavy atom. The van der Waals surface area contributed by atoms with Gasteiger partial charge in [0.15, 0.2) is 0 Å². The minimum Gasteiger partial charge on any atom is -0.508 e. The summed E-state index contributed by atoms with van der Waals surface area (Å²) in [4.78, 5) is 4.39. The summed E-state index contributed by atoms with van der Waals surface area (Å²) in [5.74, 6) is 0.530. The van der Waals surface area contributed by atoms with E-state index in [4.69, 9.17) is 0 Å². The van der Waals surface area contributed by atoms with Crippen molar-refractivity contribution in [3.63, 3.8) is 0 Å². The summed E-state index contributed by atoms with van der Waals surface area (Å²) in [6.45, 7) is 6.15. The molecular weight excluding hydrogens is 258 g/mol. The molecule has 1 aromatic heterocycles. The summed E-state index contributed by atoms with van der Waals surface area (Å²) in [6.07, 6.45) is 1.84. The zero-order valence-corrected chi connectivity index (χ0v) is 12.7. The van der Waals surface area contributed by atoms with E-state index in [0.29, 0.717) is 5.75 Å². The Kier molecular flexibility index (Phi) is 4.94. The lowest BCUT2D eigenvalue weighted by atomic mass is 9.91. The standard InChI is InChI=1S/C17H15NO.C2H6/c1-12(13-5-4-6-14(19)11-13)15-9-10-18-17-8-3-2-7-16(15)17;1-2/h2-12,19H,1H3;1-2H3. The Bertz CT molecular complexity index is 716. The van der Waals surface area contributed by atoms with Gasteiger partial charge in [-0.25, -0.2) is 0 Å². The smallest absolute Gasteiger partial charge is 0.115 e. The summed E-state index contributed by atoms with van der Waals surface area (Å²) < 4.78 is 0. The molecule has 108 valence electrons. The Labute approximate surface area is 126 Å². The zero-order valence-electron chi connectivity index (χ0n) is 12.7. The number of pyridine rings is 1. The minimum atomic E-state index is 0.222. The molecule has 0 fully saturated rings. The van der Waals surface area contributed by atoms with E-state index in [0.717, 1.165) is 11.1 Å². The van der Waals surface area contributed by atoms with E-state index in [2.05, 4.69) is 24.0 Å². The lowest BCUT2D eigenvalue weighted by Crippen LogP contribution is -1.97. The van der Waals surface area contributed by atoms with Crippen molar-refractivity contribution < 1.29 is 5.11 Å². The largest absolute Gasteiger partial charge is 0.508 e. The van der Waals surface area contributed by atoms with Crippen LogP contribution in [0.3, 0.4) is 0 Å². The first-order chi connectivity index (χ1) is 10.3. The van der Waals surface area contributed by atoms with Crippen molar-refractivity contribution in [2.75, 3.05) is 0 Å².